The standard InChI is InChI=1S/C11H19N7O2S/c1-4-18-7-10(5-9(18)6-12-3)21(19,20)15-8(2)11-13-16-17-14-11/h5,7-8,12,15H,4,6H2,1-3H3,(H,13,14,16,17). The number of aryl methyl sites for hydroxylation is 1. The van der Waals surface area contributed by atoms with Crippen molar-refractivity contribution in [1.29, 1.82) is 0 Å². The zero-order chi connectivity index (χ0) is 15.5. The molecule has 0 bridgehead atoms. The molecule has 0 aliphatic heterocycles. The number of nitrogens with one attached hydrogen (secondary N) is 3. The Labute approximate surface area is 123 Å². The number of aromatic nitrogens is 5. The molecule has 1 atom stereocenters. The van der Waals surface area contributed by atoms with E-state index in [1.165, 1.54) is 0 Å². The van der Waals surface area contributed by atoms with Gasteiger partial charge in [-0.3, -0.25) is 0 Å². The average Bonchev–Trinajstić information content (AvgIpc) is 3.08. The third kappa shape index (κ3) is 3.46. The highest BCUT2D eigenvalue weighted by Gasteiger charge is 2.22. The van der Waals surface area contributed by atoms with Crippen molar-refractivity contribution in [3.63, 3.8) is 0 Å². The summed E-state index contributed by atoms with van der Waals surface area (Å²) >= 11 is 0. The Balaban J connectivity index is 2.23. The molecule has 10 heteroatoms. The molecule has 21 heavy (non-hydrogen) atoms. The van der Waals surface area contributed by atoms with Gasteiger partial charge in [-0.25, -0.2) is 13.1 Å². The summed E-state index contributed by atoms with van der Waals surface area (Å²) in [5.74, 6) is 0.295. The summed E-state index contributed by atoms with van der Waals surface area (Å²) in [5, 5.41) is 16.3. The Hall–Kier alpha value is -1.78. The van der Waals surface area contributed by atoms with Gasteiger partial charge in [0.05, 0.1) is 10.9 Å². The molecule has 2 aromatic heterocycles. The van der Waals surface area contributed by atoms with Crippen LogP contribution < -0.4 is 10.0 Å². The summed E-state index contributed by atoms with van der Waals surface area (Å²) in [6, 6.07) is 1.09. The van der Waals surface area contributed by atoms with Crippen molar-refractivity contribution in [2.24, 2.45) is 0 Å². The van der Waals surface area contributed by atoms with Crippen LogP contribution in [0.4, 0.5) is 0 Å². The molecule has 0 aliphatic rings. The smallest absolute Gasteiger partial charge is 0.242 e. The Morgan fingerprint density at radius 1 is 1.48 bits per heavy atom. The average molecular weight is 313 g/mol. The fourth-order valence-corrected chi connectivity index (χ4v) is 3.27. The highest BCUT2D eigenvalue weighted by atomic mass is 32.2. The molecule has 0 fully saturated rings. The van der Waals surface area contributed by atoms with Gasteiger partial charge in [-0.05, 0) is 27.0 Å². The number of sulfonamides is 1. The van der Waals surface area contributed by atoms with Crippen LogP contribution in [0.25, 0.3) is 0 Å². The third-order valence-corrected chi connectivity index (χ3v) is 4.56. The third-order valence-electron chi connectivity index (χ3n) is 3.05. The van der Waals surface area contributed by atoms with Gasteiger partial charge in [0, 0.05) is 25.0 Å². The summed E-state index contributed by atoms with van der Waals surface area (Å²) in [6.07, 6.45) is 1.62. The van der Waals surface area contributed by atoms with E-state index >= 15 is 0 Å². The summed E-state index contributed by atoms with van der Waals surface area (Å²) in [7, 11) is -1.82. The fraction of sp³-hybridized carbons (Fsp3) is 0.545. The van der Waals surface area contributed by atoms with Crippen LogP contribution >= 0.6 is 0 Å². The normalized spacial score (nSPS) is 13.5. The summed E-state index contributed by atoms with van der Waals surface area (Å²) in [4.78, 5) is 0.227. The van der Waals surface area contributed by atoms with Gasteiger partial charge in [0.2, 0.25) is 10.0 Å². The van der Waals surface area contributed by atoms with E-state index in [2.05, 4.69) is 30.7 Å². The predicted octanol–water partition coefficient (Wildman–Crippen LogP) is -0.220. The Kier molecular flexibility index (Phi) is 4.70. The lowest BCUT2D eigenvalue weighted by atomic mass is 10.4. The van der Waals surface area contributed by atoms with Crippen LogP contribution in [0.15, 0.2) is 17.2 Å². The minimum absolute atomic E-state index is 0.227. The molecule has 9 nitrogen and oxygen atoms in total. The van der Waals surface area contributed by atoms with Gasteiger partial charge in [-0.1, -0.05) is 5.21 Å². The van der Waals surface area contributed by atoms with Crippen molar-refractivity contribution in [1.82, 2.24) is 35.2 Å². The molecule has 1 unspecified atom stereocenters. The summed E-state index contributed by atoms with van der Waals surface area (Å²) in [5.41, 5.74) is 0.910. The minimum Gasteiger partial charge on any atom is -0.349 e. The van der Waals surface area contributed by atoms with Crippen LogP contribution in [-0.2, 0) is 23.1 Å². The van der Waals surface area contributed by atoms with E-state index in [-0.39, 0.29) is 4.90 Å². The fourth-order valence-electron chi connectivity index (χ4n) is 2.00. The van der Waals surface area contributed by atoms with Gasteiger partial charge in [0.25, 0.3) is 0 Å². The zero-order valence-electron chi connectivity index (χ0n) is 12.2. The molecule has 0 radical (unpaired) electrons. The first-order valence-corrected chi connectivity index (χ1v) is 8.05. The molecule has 2 rings (SSSR count). The van der Waals surface area contributed by atoms with Crippen molar-refractivity contribution in [2.45, 2.75) is 37.9 Å². The maximum Gasteiger partial charge on any atom is 0.242 e. The molecule has 0 aliphatic carbocycles. The van der Waals surface area contributed by atoms with Crippen LogP contribution in [0, 0.1) is 0 Å². The number of nitrogens with zero attached hydrogens (tertiary/aromatic N) is 4. The van der Waals surface area contributed by atoms with Crippen LogP contribution in [0.5, 0.6) is 0 Å². The first-order chi connectivity index (χ1) is 9.97. The summed E-state index contributed by atoms with van der Waals surface area (Å²) < 4.78 is 29.2. The first kappa shape index (κ1) is 15.6. The van der Waals surface area contributed by atoms with Crippen molar-refractivity contribution >= 4 is 10.0 Å². The van der Waals surface area contributed by atoms with Crippen LogP contribution in [0.1, 0.15) is 31.4 Å². The number of tetrazole rings is 1. The van der Waals surface area contributed by atoms with E-state index in [0.29, 0.717) is 18.9 Å². The van der Waals surface area contributed by atoms with E-state index in [9.17, 15) is 8.42 Å². The minimum atomic E-state index is -3.64. The van der Waals surface area contributed by atoms with Gasteiger partial charge < -0.3 is 9.88 Å². The molecule has 2 heterocycles. The molecule has 0 aromatic carbocycles. The second-order valence-electron chi connectivity index (χ2n) is 4.60. The van der Waals surface area contributed by atoms with E-state index in [1.807, 2.05) is 18.5 Å². The highest BCUT2D eigenvalue weighted by Crippen LogP contribution is 2.17. The van der Waals surface area contributed by atoms with Crippen LogP contribution in [-0.4, -0.2) is 40.7 Å². The molecule has 0 saturated heterocycles. The second kappa shape index (κ2) is 6.33. The number of hydrogen-bond donors (Lipinski definition) is 3. The lowest BCUT2D eigenvalue weighted by Gasteiger charge is -2.09. The van der Waals surface area contributed by atoms with E-state index in [1.54, 1.807) is 19.2 Å². The van der Waals surface area contributed by atoms with Crippen molar-refractivity contribution in [3.8, 4) is 0 Å². The number of hydrogen-bond acceptors (Lipinski definition) is 6. The van der Waals surface area contributed by atoms with Gasteiger partial charge in [0.1, 0.15) is 0 Å². The first-order valence-electron chi connectivity index (χ1n) is 6.57. The van der Waals surface area contributed by atoms with Gasteiger partial charge in [0.15, 0.2) is 5.82 Å². The van der Waals surface area contributed by atoms with Crippen molar-refractivity contribution in [3.05, 3.63) is 23.8 Å². The Bertz CT molecular complexity index is 678. The molecule has 0 amide bonds. The topological polar surface area (TPSA) is 118 Å². The molecule has 116 valence electrons. The molecular formula is C11H19N7O2S. The Morgan fingerprint density at radius 3 is 2.81 bits per heavy atom. The second-order valence-corrected chi connectivity index (χ2v) is 6.31. The van der Waals surface area contributed by atoms with E-state index < -0.39 is 16.1 Å². The quantitative estimate of drug-likeness (QED) is 0.650. The number of rotatable bonds is 7. The monoisotopic (exact) mass is 313 g/mol. The molecular weight excluding hydrogens is 294 g/mol. The molecule has 0 saturated carbocycles. The van der Waals surface area contributed by atoms with Crippen LogP contribution in [0.2, 0.25) is 0 Å². The zero-order valence-corrected chi connectivity index (χ0v) is 13.0. The van der Waals surface area contributed by atoms with Gasteiger partial charge in [-0.2, -0.15) is 5.21 Å². The lowest BCUT2D eigenvalue weighted by molar-refractivity contribution is 0.559. The largest absolute Gasteiger partial charge is 0.349 e. The van der Waals surface area contributed by atoms with Gasteiger partial charge >= 0.3 is 0 Å². The lowest BCUT2D eigenvalue weighted by Crippen LogP contribution is -2.27. The maximum absolute atomic E-state index is 12.4. The number of aromatic amines is 1. The predicted molar refractivity (Wildman–Crippen MR) is 75.8 cm³/mol. The SMILES string of the molecule is CCn1cc(S(=O)(=O)NC(C)c2nn[nH]n2)cc1CNC. The van der Waals surface area contributed by atoms with Gasteiger partial charge in [-0.15, -0.1) is 10.2 Å². The number of H-pyrrole nitrogens is 1. The Morgan fingerprint density at radius 2 is 2.24 bits per heavy atom. The van der Waals surface area contributed by atoms with Crippen LogP contribution in [0.3, 0.4) is 0 Å². The van der Waals surface area contributed by atoms with Crippen molar-refractivity contribution < 1.29 is 8.42 Å². The molecule has 0 spiro atoms. The summed E-state index contributed by atoms with van der Waals surface area (Å²) in [6.45, 7) is 4.93. The molecule has 3 N–H and O–H groups in total. The van der Waals surface area contributed by atoms with E-state index in [0.717, 1.165) is 5.69 Å². The molecule has 2 aromatic rings. The van der Waals surface area contributed by atoms with E-state index in [4.69, 9.17) is 0 Å². The maximum atomic E-state index is 12.4. The highest BCUT2D eigenvalue weighted by molar-refractivity contribution is 7.89. The van der Waals surface area contributed by atoms with Crippen molar-refractivity contribution in [2.75, 3.05) is 7.05 Å².